The van der Waals surface area contributed by atoms with Crippen LogP contribution >= 0.6 is 11.6 Å². The van der Waals surface area contributed by atoms with Crippen LogP contribution in [-0.4, -0.2) is 41.0 Å². The second-order valence-electron chi connectivity index (χ2n) is 9.02. The molecule has 10 nitrogen and oxygen atoms in total. The SMILES string of the molecule is CC(C)(C)c1cc(NC(=O)Nc2ccc(Cl)cc2)n(-c2ccccc2CN2C(=O)CNS2(=O)=O)n1. The first-order valence-electron chi connectivity index (χ1n) is 10.8. The highest BCUT2D eigenvalue weighted by atomic mass is 35.5. The molecule has 0 spiro atoms. The van der Waals surface area contributed by atoms with Crippen LogP contribution in [0.3, 0.4) is 0 Å². The lowest BCUT2D eigenvalue weighted by molar-refractivity contribution is -0.124. The number of nitrogens with zero attached hydrogens (tertiary/aromatic N) is 3. The van der Waals surface area contributed by atoms with E-state index in [4.69, 9.17) is 16.7 Å². The Bertz CT molecular complexity index is 1380. The molecule has 0 unspecified atom stereocenters. The number of aromatic nitrogens is 2. The molecule has 0 atom stereocenters. The minimum absolute atomic E-state index is 0.175. The van der Waals surface area contributed by atoms with Crippen LogP contribution < -0.4 is 15.4 Å². The van der Waals surface area contributed by atoms with Crippen molar-refractivity contribution in [2.45, 2.75) is 32.7 Å². The van der Waals surface area contributed by atoms with Crippen LogP contribution in [0.1, 0.15) is 32.0 Å². The highest BCUT2D eigenvalue weighted by Gasteiger charge is 2.35. The molecule has 1 aliphatic heterocycles. The number of urea groups is 1. The molecule has 184 valence electrons. The molecule has 1 saturated heterocycles. The molecule has 1 aromatic heterocycles. The van der Waals surface area contributed by atoms with Gasteiger partial charge in [-0.2, -0.15) is 18.2 Å². The number of anilines is 2. The summed E-state index contributed by atoms with van der Waals surface area (Å²) in [5.74, 6) is -0.168. The van der Waals surface area contributed by atoms with Crippen LogP contribution in [0.4, 0.5) is 16.3 Å². The van der Waals surface area contributed by atoms with Crippen molar-refractivity contribution in [3.63, 3.8) is 0 Å². The van der Waals surface area contributed by atoms with Crippen molar-refractivity contribution in [1.29, 1.82) is 0 Å². The van der Waals surface area contributed by atoms with Gasteiger partial charge >= 0.3 is 16.2 Å². The highest BCUT2D eigenvalue weighted by Crippen LogP contribution is 2.29. The summed E-state index contributed by atoms with van der Waals surface area (Å²) in [6, 6.07) is 14.9. The van der Waals surface area contributed by atoms with Gasteiger partial charge in [-0.15, -0.1) is 0 Å². The van der Waals surface area contributed by atoms with Crippen molar-refractivity contribution in [3.05, 3.63) is 70.9 Å². The van der Waals surface area contributed by atoms with Gasteiger partial charge in [0.1, 0.15) is 5.82 Å². The number of carbonyl (C=O) groups excluding carboxylic acids is 2. The van der Waals surface area contributed by atoms with Crippen molar-refractivity contribution >= 4 is 45.3 Å². The lowest BCUT2D eigenvalue weighted by atomic mass is 9.92. The summed E-state index contributed by atoms with van der Waals surface area (Å²) in [5.41, 5.74) is 2.00. The summed E-state index contributed by atoms with van der Waals surface area (Å²) in [5, 5.41) is 10.8. The van der Waals surface area contributed by atoms with E-state index in [9.17, 15) is 18.0 Å². The van der Waals surface area contributed by atoms with Gasteiger partial charge in [0, 0.05) is 22.2 Å². The fraction of sp³-hybridized carbons (Fsp3) is 0.261. The molecule has 2 heterocycles. The van der Waals surface area contributed by atoms with Crippen molar-refractivity contribution in [3.8, 4) is 5.69 Å². The van der Waals surface area contributed by atoms with Crippen molar-refractivity contribution in [1.82, 2.24) is 18.8 Å². The van der Waals surface area contributed by atoms with Gasteiger partial charge in [0.2, 0.25) is 0 Å². The zero-order valence-electron chi connectivity index (χ0n) is 19.4. The summed E-state index contributed by atoms with van der Waals surface area (Å²) in [6.45, 7) is 5.52. The van der Waals surface area contributed by atoms with Gasteiger partial charge < -0.3 is 5.32 Å². The quantitative estimate of drug-likeness (QED) is 0.477. The molecule has 3 aromatic rings. The maximum absolute atomic E-state index is 12.8. The predicted octanol–water partition coefficient (Wildman–Crippen LogP) is 3.64. The van der Waals surface area contributed by atoms with E-state index < -0.39 is 22.1 Å². The molecule has 0 bridgehead atoms. The van der Waals surface area contributed by atoms with E-state index in [0.29, 0.717) is 33.5 Å². The number of halogens is 1. The Morgan fingerprint density at radius 2 is 1.80 bits per heavy atom. The maximum Gasteiger partial charge on any atom is 0.324 e. The Labute approximate surface area is 208 Å². The first-order valence-corrected chi connectivity index (χ1v) is 12.6. The molecule has 3 N–H and O–H groups in total. The van der Waals surface area contributed by atoms with Crippen LogP contribution in [-0.2, 0) is 27.0 Å². The highest BCUT2D eigenvalue weighted by molar-refractivity contribution is 7.88. The standard InChI is InChI=1S/C23H25ClN6O4S/c1-23(2,3)19-12-20(27-22(32)26-17-10-8-16(24)9-11-17)30(28-19)18-7-5-4-6-15(18)14-29-21(31)13-25-35(29,33)34/h4-12,25H,13-14H2,1-3H3,(H2,26,27,32). The molecule has 4 rings (SSSR count). The van der Waals surface area contributed by atoms with Crippen molar-refractivity contribution < 1.29 is 18.0 Å². The van der Waals surface area contributed by atoms with E-state index in [2.05, 4.69) is 15.4 Å². The average molecular weight is 517 g/mol. The Balaban J connectivity index is 1.69. The van der Waals surface area contributed by atoms with Crippen LogP contribution in [0.25, 0.3) is 5.69 Å². The smallest absolute Gasteiger partial charge is 0.308 e. The number of hydrogen-bond acceptors (Lipinski definition) is 5. The summed E-state index contributed by atoms with van der Waals surface area (Å²) in [4.78, 5) is 24.9. The van der Waals surface area contributed by atoms with E-state index in [0.717, 1.165) is 4.31 Å². The van der Waals surface area contributed by atoms with Gasteiger partial charge in [-0.3, -0.25) is 10.1 Å². The number of rotatable bonds is 5. The Morgan fingerprint density at radius 3 is 2.43 bits per heavy atom. The molecule has 0 aliphatic carbocycles. The van der Waals surface area contributed by atoms with Gasteiger partial charge in [-0.25, -0.2) is 13.8 Å². The van der Waals surface area contributed by atoms with E-state index in [-0.39, 0.29) is 18.5 Å². The third-order valence-electron chi connectivity index (χ3n) is 5.33. The van der Waals surface area contributed by atoms with Gasteiger partial charge in [0.15, 0.2) is 0 Å². The number of nitrogens with one attached hydrogen (secondary N) is 3. The second kappa shape index (κ2) is 9.33. The molecule has 0 saturated carbocycles. The first kappa shape index (κ1) is 24.7. The third kappa shape index (κ3) is 5.47. The van der Waals surface area contributed by atoms with E-state index in [1.807, 2.05) is 20.8 Å². The van der Waals surface area contributed by atoms with E-state index in [1.54, 1.807) is 54.6 Å². The minimum atomic E-state index is -3.90. The summed E-state index contributed by atoms with van der Waals surface area (Å²) in [6.07, 6.45) is 0. The fourth-order valence-electron chi connectivity index (χ4n) is 3.46. The average Bonchev–Trinajstić information content (AvgIpc) is 3.32. The minimum Gasteiger partial charge on any atom is -0.308 e. The first-order chi connectivity index (χ1) is 16.4. The van der Waals surface area contributed by atoms with Crippen molar-refractivity contribution in [2.24, 2.45) is 0 Å². The topological polar surface area (TPSA) is 125 Å². The molecular weight excluding hydrogens is 492 g/mol. The van der Waals surface area contributed by atoms with Gasteiger partial charge in [0.05, 0.1) is 24.5 Å². The monoisotopic (exact) mass is 516 g/mol. The van der Waals surface area contributed by atoms with Crippen LogP contribution in [0.15, 0.2) is 54.6 Å². The van der Waals surface area contributed by atoms with Crippen LogP contribution in [0.2, 0.25) is 5.02 Å². The molecule has 0 radical (unpaired) electrons. The molecule has 12 heteroatoms. The molecule has 35 heavy (non-hydrogen) atoms. The lowest BCUT2D eigenvalue weighted by Gasteiger charge is -2.18. The lowest BCUT2D eigenvalue weighted by Crippen LogP contribution is -2.32. The van der Waals surface area contributed by atoms with E-state index in [1.165, 1.54) is 4.68 Å². The van der Waals surface area contributed by atoms with Gasteiger partial charge in [0.25, 0.3) is 5.91 Å². The molecule has 3 amide bonds. The maximum atomic E-state index is 12.8. The molecular formula is C23H25ClN6O4S. The Morgan fingerprint density at radius 1 is 1.11 bits per heavy atom. The zero-order chi connectivity index (χ0) is 25.4. The van der Waals surface area contributed by atoms with Crippen LogP contribution in [0, 0.1) is 0 Å². The summed E-state index contributed by atoms with van der Waals surface area (Å²) < 4.78 is 29.1. The van der Waals surface area contributed by atoms with Crippen molar-refractivity contribution in [2.75, 3.05) is 17.2 Å². The third-order valence-corrected chi connectivity index (χ3v) is 7.00. The number of carbonyl (C=O) groups is 2. The van der Waals surface area contributed by atoms with Gasteiger partial charge in [-0.05, 0) is 35.9 Å². The Kier molecular flexibility index (Phi) is 6.58. The van der Waals surface area contributed by atoms with E-state index >= 15 is 0 Å². The number of para-hydroxylation sites is 1. The number of amides is 3. The molecule has 1 aliphatic rings. The fourth-order valence-corrected chi connectivity index (χ4v) is 4.69. The number of benzene rings is 2. The largest absolute Gasteiger partial charge is 0.324 e. The molecule has 1 fully saturated rings. The summed E-state index contributed by atoms with van der Waals surface area (Å²) in [7, 11) is -3.90. The second-order valence-corrected chi connectivity index (χ2v) is 11.1. The van der Waals surface area contributed by atoms with Gasteiger partial charge in [-0.1, -0.05) is 50.6 Å². The zero-order valence-corrected chi connectivity index (χ0v) is 20.9. The normalized spacial score (nSPS) is 15.3. The summed E-state index contributed by atoms with van der Waals surface area (Å²) >= 11 is 5.91. The van der Waals surface area contributed by atoms with Crippen LogP contribution in [0.5, 0.6) is 0 Å². The number of hydrogen-bond donors (Lipinski definition) is 3. The molecule has 2 aromatic carbocycles. The predicted molar refractivity (Wildman–Crippen MR) is 134 cm³/mol. The Hall–Kier alpha value is -3.41.